The maximum atomic E-state index is 14.8. The molecule has 1 aromatic heterocycles. The van der Waals surface area contributed by atoms with E-state index < -0.39 is 16.5 Å². The second-order valence-electron chi connectivity index (χ2n) is 8.25. The lowest BCUT2D eigenvalue weighted by Gasteiger charge is -2.36. The lowest BCUT2D eigenvalue weighted by atomic mass is 10.0. The summed E-state index contributed by atoms with van der Waals surface area (Å²) in [4.78, 5) is 1.74. The van der Waals surface area contributed by atoms with E-state index in [0.29, 0.717) is 10.2 Å². The summed E-state index contributed by atoms with van der Waals surface area (Å²) in [5.41, 5.74) is 1.19. The molecule has 3 aromatic rings. The summed E-state index contributed by atoms with van der Waals surface area (Å²) in [5.74, 6) is -0.999. The van der Waals surface area contributed by atoms with Crippen LogP contribution in [-0.2, 0) is 9.61 Å². The number of hydrogen-bond acceptors (Lipinski definition) is 8. The van der Waals surface area contributed by atoms with Gasteiger partial charge in [-0.05, 0) is 50.1 Å². The molecule has 10 heteroatoms. The number of thioether (sulfide) groups is 1. The van der Waals surface area contributed by atoms with E-state index >= 15 is 0 Å². The minimum atomic E-state index is -0.659. The van der Waals surface area contributed by atoms with Crippen molar-refractivity contribution in [3.05, 3.63) is 76.3 Å². The van der Waals surface area contributed by atoms with Gasteiger partial charge in [-0.25, -0.2) is 13.8 Å². The van der Waals surface area contributed by atoms with E-state index in [4.69, 9.17) is 9.84 Å². The van der Waals surface area contributed by atoms with E-state index in [1.54, 1.807) is 0 Å². The highest BCUT2D eigenvalue weighted by molar-refractivity contribution is 8.15. The van der Waals surface area contributed by atoms with E-state index in [0.717, 1.165) is 68.4 Å². The molecule has 2 aliphatic rings. The Morgan fingerprint density at radius 1 is 1.06 bits per heavy atom. The highest BCUT2D eigenvalue weighted by Crippen LogP contribution is 2.52. The SMILES string of the molecule is Cc1nnc(N2N=C(c3cc(F)ccc3F)SC2(CCCN2CCOCC2)c2ccccc2)s1. The van der Waals surface area contributed by atoms with Crippen molar-refractivity contribution in [2.75, 3.05) is 37.9 Å². The molecule has 0 spiro atoms. The van der Waals surface area contributed by atoms with Gasteiger partial charge in [0.15, 0.2) is 0 Å². The van der Waals surface area contributed by atoms with E-state index in [1.807, 2.05) is 30.1 Å². The minimum Gasteiger partial charge on any atom is -0.379 e. The van der Waals surface area contributed by atoms with Gasteiger partial charge >= 0.3 is 0 Å². The summed E-state index contributed by atoms with van der Waals surface area (Å²) >= 11 is 2.89. The van der Waals surface area contributed by atoms with Crippen molar-refractivity contribution in [3.63, 3.8) is 0 Å². The van der Waals surface area contributed by atoms with Gasteiger partial charge in [-0.1, -0.05) is 53.4 Å². The Labute approximate surface area is 205 Å². The van der Waals surface area contributed by atoms with Crippen LogP contribution in [0.25, 0.3) is 0 Å². The van der Waals surface area contributed by atoms with Crippen molar-refractivity contribution < 1.29 is 13.5 Å². The molecule has 0 N–H and O–H groups in total. The molecule has 178 valence electrons. The van der Waals surface area contributed by atoms with E-state index in [9.17, 15) is 8.78 Å². The molecule has 5 rings (SSSR count). The van der Waals surface area contributed by atoms with Crippen molar-refractivity contribution >= 4 is 33.3 Å². The van der Waals surface area contributed by atoms with Crippen LogP contribution in [-0.4, -0.2) is 53.0 Å². The van der Waals surface area contributed by atoms with E-state index in [1.165, 1.54) is 29.2 Å². The first-order chi connectivity index (χ1) is 16.5. The van der Waals surface area contributed by atoms with Crippen molar-refractivity contribution in [3.8, 4) is 0 Å². The number of benzene rings is 2. The fourth-order valence-corrected chi connectivity index (χ4v) is 6.47. The molecule has 34 heavy (non-hydrogen) atoms. The predicted molar refractivity (Wildman–Crippen MR) is 132 cm³/mol. The molecule has 0 bridgehead atoms. The van der Waals surface area contributed by atoms with E-state index in [2.05, 4.69) is 27.2 Å². The fraction of sp³-hybridized carbons (Fsp3) is 0.375. The number of ether oxygens (including phenoxy) is 1. The van der Waals surface area contributed by atoms with E-state index in [-0.39, 0.29) is 5.56 Å². The Bertz CT molecular complexity index is 1170. The summed E-state index contributed by atoms with van der Waals surface area (Å²) < 4.78 is 34.3. The van der Waals surface area contributed by atoms with Crippen LogP contribution in [0, 0.1) is 18.6 Å². The number of aryl methyl sites for hydroxylation is 1. The standard InChI is InChI=1S/C24H25F2N5OS2/c1-17-27-28-23(33-17)31-24(18-6-3-2-4-7-18,10-5-11-30-12-14-32-15-13-30)34-22(29-31)20-16-19(25)8-9-21(20)26/h2-4,6-9,16H,5,10-15H2,1H3. The molecule has 1 atom stereocenters. The zero-order valence-corrected chi connectivity index (χ0v) is 20.4. The second-order valence-corrected chi connectivity index (χ2v) is 10.7. The number of hydrogen-bond donors (Lipinski definition) is 0. The zero-order chi connectivity index (χ0) is 23.5. The predicted octanol–water partition coefficient (Wildman–Crippen LogP) is 5.01. The lowest BCUT2D eigenvalue weighted by Crippen LogP contribution is -2.40. The first-order valence-corrected chi connectivity index (χ1v) is 12.9. The number of nitrogens with zero attached hydrogens (tertiary/aromatic N) is 5. The largest absolute Gasteiger partial charge is 0.379 e. The monoisotopic (exact) mass is 501 g/mol. The lowest BCUT2D eigenvalue weighted by molar-refractivity contribution is 0.0368. The molecular formula is C24H25F2N5OS2. The molecule has 1 unspecified atom stereocenters. The quantitative estimate of drug-likeness (QED) is 0.454. The third-order valence-corrected chi connectivity index (χ3v) is 8.23. The average molecular weight is 502 g/mol. The van der Waals surface area contributed by atoms with Gasteiger partial charge in [-0.2, -0.15) is 5.10 Å². The topological polar surface area (TPSA) is 53.9 Å². The summed E-state index contributed by atoms with van der Waals surface area (Å²) in [7, 11) is 0. The normalized spacial score (nSPS) is 21.1. The molecule has 1 saturated heterocycles. The van der Waals surface area contributed by atoms with Crippen LogP contribution in [0.1, 0.15) is 29.0 Å². The summed E-state index contributed by atoms with van der Waals surface area (Å²) in [6, 6.07) is 13.5. The third kappa shape index (κ3) is 4.72. The molecule has 2 aliphatic heterocycles. The number of halogens is 2. The highest BCUT2D eigenvalue weighted by Gasteiger charge is 2.48. The second kappa shape index (κ2) is 10.1. The molecule has 0 amide bonds. The van der Waals surface area contributed by atoms with Crippen LogP contribution in [0.5, 0.6) is 0 Å². The Morgan fingerprint density at radius 3 is 2.59 bits per heavy atom. The average Bonchev–Trinajstić information content (AvgIpc) is 3.46. The van der Waals surface area contributed by atoms with Gasteiger partial charge < -0.3 is 4.74 Å². The Hall–Kier alpha value is -2.40. The maximum Gasteiger partial charge on any atom is 0.230 e. The van der Waals surface area contributed by atoms with Crippen molar-refractivity contribution in [1.29, 1.82) is 0 Å². The number of anilines is 1. The smallest absolute Gasteiger partial charge is 0.230 e. The first kappa shape index (κ1) is 23.3. The maximum absolute atomic E-state index is 14.8. The van der Waals surface area contributed by atoms with Gasteiger partial charge in [0.05, 0.1) is 13.2 Å². The van der Waals surface area contributed by atoms with Crippen LogP contribution in [0.2, 0.25) is 0 Å². The van der Waals surface area contributed by atoms with Gasteiger partial charge in [0.25, 0.3) is 0 Å². The number of rotatable bonds is 7. The van der Waals surface area contributed by atoms with Crippen LogP contribution in [0.3, 0.4) is 0 Å². The molecule has 6 nitrogen and oxygen atoms in total. The third-order valence-electron chi connectivity index (χ3n) is 5.97. The van der Waals surface area contributed by atoms with Crippen LogP contribution < -0.4 is 5.01 Å². The Morgan fingerprint density at radius 2 is 1.85 bits per heavy atom. The molecule has 0 radical (unpaired) electrons. The molecule has 0 saturated carbocycles. The van der Waals surface area contributed by atoms with Gasteiger partial charge in [0, 0.05) is 18.7 Å². The number of hydrazone groups is 1. The number of aromatic nitrogens is 2. The van der Waals surface area contributed by atoms with Gasteiger partial charge in [0.1, 0.15) is 26.6 Å². The first-order valence-electron chi connectivity index (χ1n) is 11.2. The Balaban J connectivity index is 1.54. The van der Waals surface area contributed by atoms with Crippen molar-refractivity contribution in [2.45, 2.75) is 24.6 Å². The van der Waals surface area contributed by atoms with Crippen molar-refractivity contribution in [2.24, 2.45) is 5.10 Å². The Kier molecular flexibility index (Phi) is 6.91. The molecular weight excluding hydrogens is 476 g/mol. The van der Waals surface area contributed by atoms with Gasteiger partial charge in [-0.15, -0.1) is 10.2 Å². The minimum absolute atomic E-state index is 0.155. The van der Waals surface area contributed by atoms with Gasteiger partial charge in [-0.3, -0.25) is 4.90 Å². The van der Waals surface area contributed by atoms with Crippen molar-refractivity contribution in [1.82, 2.24) is 15.1 Å². The molecule has 0 aliphatic carbocycles. The van der Waals surface area contributed by atoms with Crippen LogP contribution >= 0.6 is 23.1 Å². The molecule has 3 heterocycles. The highest BCUT2D eigenvalue weighted by atomic mass is 32.2. The molecule has 2 aromatic carbocycles. The molecule has 1 fully saturated rings. The summed E-state index contributed by atoms with van der Waals surface area (Å²) in [6.45, 7) is 6.15. The fourth-order valence-electron chi connectivity index (χ4n) is 4.28. The van der Waals surface area contributed by atoms with Crippen LogP contribution in [0.15, 0.2) is 53.6 Å². The summed E-state index contributed by atoms with van der Waals surface area (Å²) in [5, 5.41) is 17.1. The van der Waals surface area contributed by atoms with Crippen LogP contribution in [0.4, 0.5) is 13.9 Å². The number of morpholine rings is 1. The summed E-state index contributed by atoms with van der Waals surface area (Å²) in [6.07, 6.45) is 1.63. The van der Waals surface area contributed by atoms with Gasteiger partial charge in [0.2, 0.25) is 5.13 Å². The zero-order valence-electron chi connectivity index (χ0n) is 18.8.